The number of hydrogen-bond donors (Lipinski definition) is 0. The van der Waals surface area contributed by atoms with Crippen molar-refractivity contribution in [2.45, 2.75) is 19.4 Å². The molecule has 1 aromatic rings. The Morgan fingerprint density at radius 3 is 2.72 bits per heavy atom. The number of carbonyl (C=O) groups excluding carboxylic acids is 2. The molecule has 4 nitrogen and oxygen atoms in total. The largest absolute Gasteiger partial charge is 0.477 e. The van der Waals surface area contributed by atoms with Crippen LogP contribution in [-0.4, -0.2) is 36.3 Å². The lowest BCUT2D eigenvalue weighted by molar-refractivity contribution is -0.132. The minimum Gasteiger partial charge on any atom is -0.477 e. The SMILES string of the molecule is CC(=O)c1ccc(OC2CCN(C)C2=O)c(F)c1. The fourth-order valence-corrected chi connectivity index (χ4v) is 1.87. The molecule has 1 saturated heterocycles. The van der Waals surface area contributed by atoms with Crippen LogP contribution in [0.1, 0.15) is 23.7 Å². The van der Waals surface area contributed by atoms with Gasteiger partial charge in [0.05, 0.1) is 0 Å². The monoisotopic (exact) mass is 251 g/mol. The predicted molar refractivity (Wildman–Crippen MR) is 63.1 cm³/mol. The number of ether oxygens (including phenoxy) is 1. The van der Waals surface area contributed by atoms with Gasteiger partial charge in [-0.25, -0.2) is 4.39 Å². The first-order chi connectivity index (χ1) is 8.49. The highest BCUT2D eigenvalue weighted by Crippen LogP contribution is 2.23. The molecule has 0 spiro atoms. The normalized spacial score (nSPS) is 19.2. The van der Waals surface area contributed by atoms with Gasteiger partial charge >= 0.3 is 0 Å². The molecule has 0 N–H and O–H groups in total. The maximum atomic E-state index is 13.7. The zero-order valence-corrected chi connectivity index (χ0v) is 10.3. The van der Waals surface area contributed by atoms with Gasteiger partial charge in [-0.1, -0.05) is 0 Å². The summed E-state index contributed by atoms with van der Waals surface area (Å²) in [6.07, 6.45) is -0.0869. The molecule has 0 saturated carbocycles. The fourth-order valence-electron chi connectivity index (χ4n) is 1.87. The van der Waals surface area contributed by atoms with Crippen LogP contribution in [0.25, 0.3) is 0 Å². The van der Waals surface area contributed by atoms with Crippen LogP contribution in [-0.2, 0) is 4.79 Å². The van der Waals surface area contributed by atoms with Crippen LogP contribution >= 0.6 is 0 Å². The zero-order chi connectivity index (χ0) is 13.3. The molecular weight excluding hydrogens is 237 g/mol. The van der Waals surface area contributed by atoms with Crippen molar-refractivity contribution in [1.82, 2.24) is 4.90 Å². The van der Waals surface area contributed by atoms with Gasteiger partial charge in [-0.2, -0.15) is 0 Å². The lowest BCUT2D eigenvalue weighted by Crippen LogP contribution is -2.29. The molecule has 1 aliphatic heterocycles. The van der Waals surface area contributed by atoms with Gasteiger partial charge in [0.15, 0.2) is 23.5 Å². The number of halogens is 1. The molecule has 0 aromatic heterocycles. The third-order valence-electron chi connectivity index (χ3n) is 2.99. The summed E-state index contributed by atoms with van der Waals surface area (Å²) in [5, 5.41) is 0. The van der Waals surface area contributed by atoms with E-state index in [1.54, 1.807) is 11.9 Å². The third-order valence-corrected chi connectivity index (χ3v) is 2.99. The van der Waals surface area contributed by atoms with E-state index in [4.69, 9.17) is 4.74 Å². The van der Waals surface area contributed by atoms with E-state index >= 15 is 0 Å². The fraction of sp³-hybridized carbons (Fsp3) is 0.385. The van der Waals surface area contributed by atoms with E-state index in [1.807, 2.05) is 0 Å². The Bertz CT molecular complexity index is 501. The van der Waals surface area contributed by atoms with Crippen LogP contribution in [0.15, 0.2) is 18.2 Å². The molecule has 1 heterocycles. The molecule has 18 heavy (non-hydrogen) atoms. The summed E-state index contributed by atoms with van der Waals surface area (Å²) in [6, 6.07) is 4.00. The average molecular weight is 251 g/mol. The Balaban J connectivity index is 2.15. The molecule has 0 bridgehead atoms. The van der Waals surface area contributed by atoms with Crippen molar-refractivity contribution < 1.29 is 18.7 Å². The zero-order valence-electron chi connectivity index (χ0n) is 10.3. The van der Waals surface area contributed by atoms with E-state index in [-0.39, 0.29) is 23.0 Å². The molecule has 1 fully saturated rings. The van der Waals surface area contributed by atoms with Crippen molar-refractivity contribution in [3.63, 3.8) is 0 Å². The van der Waals surface area contributed by atoms with Gasteiger partial charge in [-0.05, 0) is 25.1 Å². The first-order valence-electron chi connectivity index (χ1n) is 5.71. The Morgan fingerprint density at radius 1 is 1.50 bits per heavy atom. The number of likely N-dealkylation sites (N-methyl/N-ethyl adjacent to an activating group) is 1. The first kappa shape index (κ1) is 12.5. The number of likely N-dealkylation sites (tertiary alicyclic amines) is 1. The van der Waals surface area contributed by atoms with E-state index in [2.05, 4.69) is 0 Å². The van der Waals surface area contributed by atoms with E-state index in [9.17, 15) is 14.0 Å². The number of nitrogens with zero attached hydrogens (tertiary/aromatic N) is 1. The van der Waals surface area contributed by atoms with Gasteiger partial charge in [0.25, 0.3) is 5.91 Å². The highest BCUT2D eigenvalue weighted by Gasteiger charge is 2.31. The number of rotatable bonds is 3. The Hall–Kier alpha value is -1.91. The van der Waals surface area contributed by atoms with Gasteiger partial charge in [0.2, 0.25) is 0 Å². The number of Topliss-reactive ketones (excluding diaryl/α,β-unsaturated/α-hetero) is 1. The van der Waals surface area contributed by atoms with E-state index in [0.717, 1.165) is 6.07 Å². The van der Waals surface area contributed by atoms with Crippen molar-refractivity contribution in [3.05, 3.63) is 29.6 Å². The van der Waals surface area contributed by atoms with Crippen molar-refractivity contribution in [3.8, 4) is 5.75 Å². The van der Waals surface area contributed by atoms with Crippen LogP contribution in [0.5, 0.6) is 5.75 Å². The summed E-state index contributed by atoms with van der Waals surface area (Å²) in [4.78, 5) is 24.2. The Morgan fingerprint density at radius 2 is 2.22 bits per heavy atom. The van der Waals surface area contributed by atoms with Crippen molar-refractivity contribution >= 4 is 11.7 Å². The van der Waals surface area contributed by atoms with Crippen LogP contribution in [0.4, 0.5) is 4.39 Å². The van der Waals surface area contributed by atoms with E-state index in [0.29, 0.717) is 13.0 Å². The summed E-state index contributed by atoms with van der Waals surface area (Å²) in [5.74, 6) is -0.971. The number of carbonyl (C=O) groups is 2. The van der Waals surface area contributed by atoms with Crippen LogP contribution in [0.2, 0.25) is 0 Å². The third kappa shape index (κ3) is 2.34. The maximum Gasteiger partial charge on any atom is 0.263 e. The molecule has 0 aliphatic carbocycles. The van der Waals surface area contributed by atoms with Crippen molar-refractivity contribution in [2.75, 3.05) is 13.6 Å². The lowest BCUT2D eigenvalue weighted by atomic mass is 10.1. The highest BCUT2D eigenvalue weighted by atomic mass is 19.1. The van der Waals surface area contributed by atoms with Gasteiger partial charge < -0.3 is 9.64 Å². The van der Waals surface area contributed by atoms with Gasteiger partial charge in [0.1, 0.15) is 0 Å². The summed E-state index contributed by atoms with van der Waals surface area (Å²) in [7, 11) is 1.68. The Labute approximate surface area is 104 Å². The number of ketones is 1. The quantitative estimate of drug-likeness (QED) is 0.767. The number of benzene rings is 1. The second-order valence-electron chi connectivity index (χ2n) is 4.36. The topological polar surface area (TPSA) is 46.6 Å². The summed E-state index contributed by atoms with van der Waals surface area (Å²) in [6.45, 7) is 1.97. The Kier molecular flexibility index (Phi) is 3.32. The number of hydrogen-bond acceptors (Lipinski definition) is 3. The molecule has 2 rings (SSSR count). The second kappa shape index (κ2) is 4.76. The average Bonchev–Trinajstić information content (AvgIpc) is 2.63. The standard InChI is InChI=1S/C13H14FNO3/c1-8(16)9-3-4-11(10(14)7-9)18-12-5-6-15(2)13(12)17/h3-4,7,12H,5-6H2,1-2H3. The van der Waals surface area contributed by atoms with Crippen molar-refractivity contribution in [1.29, 1.82) is 0 Å². The predicted octanol–water partition coefficient (Wildman–Crippen LogP) is 1.64. The molecular formula is C13H14FNO3. The van der Waals surface area contributed by atoms with Gasteiger partial charge in [0, 0.05) is 25.6 Å². The minimum atomic E-state index is -0.632. The molecule has 1 atom stereocenters. The summed E-state index contributed by atoms with van der Waals surface area (Å²) < 4.78 is 19.0. The van der Waals surface area contributed by atoms with Crippen LogP contribution in [0, 0.1) is 5.82 Å². The van der Waals surface area contributed by atoms with E-state index < -0.39 is 11.9 Å². The molecule has 1 amide bonds. The first-order valence-corrected chi connectivity index (χ1v) is 5.71. The van der Waals surface area contributed by atoms with Crippen molar-refractivity contribution in [2.24, 2.45) is 0 Å². The molecule has 1 unspecified atom stereocenters. The molecule has 96 valence electrons. The highest BCUT2D eigenvalue weighted by molar-refractivity contribution is 5.94. The second-order valence-corrected chi connectivity index (χ2v) is 4.36. The van der Waals surface area contributed by atoms with Gasteiger partial charge in [-0.3, -0.25) is 9.59 Å². The summed E-state index contributed by atoms with van der Waals surface area (Å²) >= 11 is 0. The molecule has 5 heteroatoms. The number of amides is 1. The molecule has 1 aliphatic rings. The minimum absolute atomic E-state index is 0.00801. The summed E-state index contributed by atoms with van der Waals surface area (Å²) in [5.41, 5.74) is 0.287. The molecule has 1 aromatic carbocycles. The smallest absolute Gasteiger partial charge is 0.263 e. The molecule has 0 radical (unpaired) electrons. The van der Waals surface area contributed by atoms with Crippen LogP contribution in [0.3, 0.4) is 0 Å². The van der Waals surface area contributed by atoms with Crippen LogP contribution < -0.4 is 4.74 Å². The maximum absolute atomic E-state index is 13.7. The van der Waals surface area contributed by atoms with Gasteiger partial charge in [-0.15, -0.1) is 0 Å². The lowest BCUT2D eigenvalue weighted by Gasteiger charge is -2.13. The van der Waals surface area contributed by atoms with E-state index in [1.165, 1.54) is 19.1 Å².